The minimum atomic E-state index is -0.607. The third-order valence-electron chi connectivity index (χ3n) is 1.62. The molecule has 2 nitrogen and oxygen atoms in total. The van der Waals surface area contributed by atoms with Crippen molar-refractivity contribution in [2.75, 3.05) is 13.6 Å². The van der Waals surface area contributed by atoms with Gasteiger partial charge in [0.2, 0.25) is 0 Å². The molecule has 0 heterocycles. The summed E-state index contributed by atoms with van der Waals surface area (Å²) in [6.07, 6.45) is 0. The number of rotatable bonds is 3. The summed E-state index contributed by atoms with van der Waals surface area (Å²) in [6, 6.07) is 2.61. The zero-order valence-electron chi connectivity index (χ0n) is 7.40. The SMILES string of the molecule is CNCC(=O)c1c(F)cc(Cl)cc1Br. The number of benzene rings is 1. The Balaban J connectivity index is 3.14. The van der Waals surface area contributed by atoms with E-state index >= 15 is 0 Å². The molecule has 0 saturated heterocycles. The van der Waals surface area contributed by atoms with Crippen molar-refractivity contribution in [3.05, 3.63) is 33.0 Å². The molecule has 0 spiro atoms. The minimum Gasteiger partial charge on any atom is -0.313 e. The van der Waals surface area contributed by atoms with Crippen LogP contribution >= 0.6 is 27.5 Å². The van der Waals surface area contributed by atoms with Gasteiger partial charge < -0.3 is 5.32 Å². The summed E-state index contributed by atoms with van der Waals surface area (Å²) >= 11 is 8.70. The molecule has 0 aliphatic rings. The maximum Gasteiger partial charge on any atom is 0.180 e. The molecular formula is C9H8BrClFNO. The van der Waals surface area contributed by atoms with Crippen LogP contribution in [0.1, 0.15) is 10.4 Å². The van der Waals surface area contributed by atoms with Crippen LogP contribution in [0.25, 0.3) is 0 Å². The fourth-order valence-corrected chi connectivity index (χ4v) is 2.05. The van der Waals surface area contributed by atoms with Crippen molar-refractivity contribution < 1.29 is 9.18 Å². The second kappa shape index (κ2) is 4.87. The van der Waals surface area contributed by atoms with Gasteiger partial charge in [-0.3, -0.25) is 4.79 Å². The lowest BCUT2D eigenvalue weighted by molar-refractivity contribution is 0.0989. The molecule has 0 saturated carbocycles. The molecule has 0 aliphatic carbocycles. The van der Waals surface area contributed by atoms with Gasteiger partial charge in [-0.05, 0) is 35.1 Å². The predicted molar refractivity (Wildman–Crippen MR) is 57.4 cm³/mol. The number of likely N-dealkylation sites (N-methyl/N-ethyl adjacent to an activating group) is 1. The molecule has 1 aromatic carbocycles. The van der Waals surface area contributed by atoms with Crippen LogP contribution in [0, 0.1) is 5.82 Å². The lowest BCUT2D eigenvalue weighted by Gasteiger charge is -2.05. The molecule has 0 aromatic heterocycles. The van der Waals surface area contributed by atoms with Gasteiger partial charge in [0.25, 0.3) is 0 Å². The molecule has 1 aromatic rings. The van der Waals surface area contributed by atoms with Gasteiger partial charge in [-0.15, -0.1) is 0 Å². The van der Waals surface area contributed by atoms with Gasteiger partial charge in [0, 0.05) is 9.50 Å². The fraction of sp³-hybridized carbons (Fsp3) is 0.222. The average molecular weight is 281 g/mol. The van der Waals surface area contributed by atoms with Crippen LogP contribution in [0.5, 0.6) is 0 Å². The summed E-state index contributed by atoms with van der Waals surface area (Å²) in [5.74, 6) is -0.918. The van der Waals surface area contributed by atoms with Crippen molar-refractivity contribution in [2.45, 2.75) is 0 Å². The van der Waals surface area contributed by atoms with Crippen molar-refractivity contribution in [1.29, 1.82) is 0 Å². The van der Waals surface area contributed by atoms with E-state index in [9.17, 15) is 9.18 Å². The highest BCUT2D eigenvalue weighted by molar-refractivity contribution is 9.10. The second-order valence-corrected chi connectivity index (χ2v) is 3.99. The number of hydrogen-bond donors (Lipinski definition) is 1. The highest BCUT2D eigenvalue weighted by Crippen LogP contribution is 2.25. The first-order valence-corrected chi connectivity index (χ1v) is 5.05. The number of halogens is 3. The number of nitrogens with one attached hydrogen (secondary N) is 1. The summed E-state index contributed by atoms with van der Waals surface area (Å²) in [7, 11) is 1.62. The molecular weight excluding hydrogens is 272 g/mol. The molecule has 1 rings (SSSR count). The Morgan fingerprint density at radius 1 is 1.64 bits per heavy atom. The second-order valence-electron chi connectivity index (χ2n) is 2.70. The van der Waals surface area contributed by atoms with Crippen LogP contribution in [0.2, 0.25) is 5.02 Å². The van der Waals surface area contributed by atoms with E-state index in [1.54, 1.807) is 7.05 Å². The Morgan fingerprint density at radius 3 is 2.79 bits per heavy atom. The number of ketones is 1. The number of carbonyl (C=O) groups is 1. The van der Waals surface area contributed by atoms with E-state index in [0.717, 1.165) is 6.07 Å². The molecule has 0 amide bonds. The molecule has 0 unspecified atom stereocenters. The zero-order chi connectivity index (χ0) is 10.7. The maximum absolute atomic E-state index is 13.3. The quantitative estimate of drug-likeness (QED) is 0.863. The van der Waals surface area contributed by atoms with E-state index in [1.165, 1.54) is 6.07 Å². The standard InChI is InChI=1S/C9H8BrClFNO/c1-13-4-8(14)9-6(10)2-5(11)3-7(9)12/h2-3,13H,4H2,1H3. The van der Waals surface area contributed by atoms with Crippen LogP contribution in [0.3, 0.4) is 0 Å². The average Bonchev–Trinajstić information content (AvgIpc) is 2.01. The Morgan fingerprint density at radius 2 is 2.29 bits per heavy atom. The van der Waals surface area contributed by atoms with E-state index in [-0.39, 0.29) is 22.9 Å². The Kier molecular flexibility index (Phi) is 4.04. The van der Waals surface area contributed by atoms with Gasteiger partial charge in [0.1, 0.15) is 5.82 Å². The number of hydrogen-bond acceptors (Lipinski definition) is 2. The van der Waals surface area contributed by atoms with Gasteiger partial charge in [-0.1, -0.05) is 11.6 Å². The number of carbonyl (C=O) groups excluding carboxylic acids is 1. The normalized spacial score (nSPS) is 10.3. The molecule has 0 fully saturated rings. The van der Waals surface area contributed by atoms with E-state index in [4.69, 9.17) is 11.6 Å². The number of Topliss-reactive ketones (excluding diaryl/α,β-unsaturated/α-hetero) is 1. The largest absolute Gasteiger partial charge is 0.313 e. The molecule has 0 atom stereocenters. The summed E-state index contributed by atoms with van der Waals surface area (Å²) in [5, 5.41) is 2.92. The van der Waals surface area contributed by atoms with Crippen LogP contribution in [0.15, 0.2) is 16.6 Å². The molecule has 1 N–H and O–H groups in total. The Bertz CT molecular complexity index is 347. The van der Waals surface area contributed by atoms with E-state index in [2.05, 4.69) is 21.2 Å². The lowest BCUT2D eigenvalue weighted by Crippen LogP contribution is -2.20. The highest BCUT2D eigenvalue weighted by atomic mass is 79.9. The van der Waals surface area contributed by atoms with Crippen LogP contribution in [0.4, 0.5) is 4.39 Å². The van der Waals surface area contributed by atoms with Gasteiger partial charge in [-0.2, -0.15) is 0 Å². The van der Waals surface area contributed by atoms with Crippen LogP contribution in [-0.2, 0) is 0 Å². The smallest absolute Gasteiger partial charge is 0.180 e. The Labute approximate surface area is 94.6 Å². The van der Waals surface area contributed by atoms with E-state index in [1.807, 2.05) is 0 Å². The van der Waals surface area contributed by atoms with Crippen molar-refractivity contribution in [3.63, 3.8) is 0 Å². The molecule has 0 radical (unpaired) electrons. The predicted octanol–water partition coefficient (Wildman–Crippen LogP) is 2.64. The van der Waals surface area contributed by atoms with Gasteiger partial charge in [0.05, 0.1) is 12.1 Å². The molecule has 0 aliphatic heterocycles. The first-order chi connectivity index (χ1) is 6.56. The van der Waals surface area contributed by atoms with Crippen LogP contribution < -0.4 is 5.32 Å². The molecule has 0 bridgehead atoms. The Hall–Kier alpha value is -0.450. The minimum absolute atomic E-state index is 0.0313. The zero-order valence-corrected chi connectivity index (χ0v) is 9.75. The molecule has 5 heteroatoms. The fourth-order valence-electron chi connectivity index (χ4n) is 1.06. The topological polar surface area (TPSA) is 29.1 Å². The van der Waals surface area contributed by atoms with Crippen molar-refractivity contribution >= 4 is 33.3 Å². The third-order valence-corrected chi connectivity index (χ3v) is 2.47. The van der Waals surface area contributed by atoms with Gasteiger partial charge >= 0.3 is 0 Å². The first kappa shape index (κ1) is 11.6. The van der Waals surface area contributed by atoms with Gasteiger partial charge in [-0.25, -0.2) is 4.39 Å². The molecule has 76 valence electrons. The third kappa shape index (κ3) is 2.53. The van der Waals surface area contributed by atoms with Crippen LogP contribution in [-0.4, -0.2) is 19.4 Å². The summed E-state index contributed by atoms with van der Waals surface area (Å²) in [4.78, 5) is 11.4. The lowest BCUT2D eigenvalue weighted by atomic mass is 10.1. The highest BCUT2D eigenvalue weighted by Gasteiger charge is 2.15. The van der Waals surface area contributed by atoms with Crippen molar-refractivity contribution in [2.24, 2.45) is 0 Å². The van der Waals surface area contributed by atoms with E-state index in [0.29, 0.717) is 4.47 Å². The summed E-state index contributed by atoms with van der Waals surface area (Å²) in [6.45, 7) is 0.0944. The first-order valence-electron chi connectivity index (χ1n) is 3.88. The van der Waals surface area contributed by atoms with Crippen molar-refractivity contribution in [1.82, 2.24) is 5.32 Å². The maximum atomic E-state index is 13.3. The summed E-state index contributed by atoms with van der Waals surface area (Å²) < 4.78 is 13.7. The summed E-state index contributed by atoms with van der Waals surface area (Å²) in [5.41, 5.74) is 0.0313. The van der Waals surface area contributed by atoms with E-state index < -0.39 is 5.82 Å². The van der Waals surface area contributed by atoms with Gasteiger partial charge in [0.15, 0.2) is 5.78 Å². The molecule has 14 heavy (non-hydrogen) atoms. The monoisotopic (exact) mass is 279 g/mol. The van der Waals surface area contributed by atoms with Crippen molar-refractivity contribution in [3.8, 4) is 0 Å².